The number of aromatic nitrogens is 1. The van der Waals surface area contributed by atoms with Gasteiger partial charge in [-0.05, 0) is 38.5 Å². The number of hydrogen-bond acceptors (Lipinski definition) is 5. The predicted molar refractivity (Wildman–Crippen MR) is 73.1 cm³/mol. The minimum Gasteiger partial charge on any atom is -0.461 e. The smallest absolute Gasteiger partial charge is 0.357 e. The molecule has 18 heavy (non-hydrogen) atoms. The highest BCUT2D eigenvalue weighted by Gasteiger charge is 2.19. The maximum absolute atomic E-state index is 11.5. The number of ether oxygens (including phenoxy) is 1. The lowest BCUT2D eigenvalue weighted by atomic mass is 9.87. The largest absolute Gasteiger partial charge is 0.461 e. The molecule has 1 N–H and O–H groups in total. The van der Waals surface area contributed by atoms with Crippen LogP contribution in [0.15, 0.2) is 5.38 Å². The van der Waals surface area contributed by atoms with Gasteiger partial charge in [0.05, 0.1) is 6.61 Å². The number of anilines is 1. The molecular formula is C13H20N2O2S. The van der Waals surface area contributed by atoms with E-state index >= 15 is 0 Å². The first kappa shape index (κ1) is 13.3. The van der Waals surface area contributed by atoms with Crippen LogP contribution >= 0.6 is 11.3 Å². The molecule has 0 unspecified atom stereocenters. The molecular weight excluding hydrogens is 248 g/mol. The van der Waals surface area contributed by atoms with Crippen molar-refractivity contribution >= 4 is 22.4 Å². The molecule has 0 saturated heterocycles. The molecule has 100 valence electrons. The summed E-state index contributed by atoms with van der Waals surface area (Å²) in [6, 6.07) is 0.502. The van der Waals surface area contributed by atoms with Crippen LogP contribution in [0.4, 0.5) is 5.13 Å². The van der Waals surface area contributed by atoms with E-state index in [1.165, 1.54) is 37.0 Å². The standard InChI is InChI=1S/C13H20N2O2S/c1-3-17-12(16)11-8-18-13(15-11)14-10-6-4-9(2)5-7-10/h8-10H,3-7H2,1-2H3,(H,14,15). The summed E-state index contributed by atoms with van der Waals surface area (Å²) < 4.78 is 4.92. The second-order valence-corrected chi connectivity index (χ2v) is 5.72. The van der Waals surface area contributed by atoms with Crippen LogP contribution in [0.5, 0.6) is 0 Å². The lowest BCUT2D eigenvalue weighted by Crippen LogP contribution is -2.25. The molecule has 1 aliphatic carbocycles. The molecule has 0 atom stereocenters. The zero-order valence-electron chi connectivity index (χ0n) is 10.9. The summed E-state index contributed by atoms with van der Waals surface area (Å²) in [7, 11) is 0. The Labute approximate surface area is 112 Å². The Hall–Kier alpha value is -1.10. The van der Waals surface area contributed by atoms with Crippen molar-refractivity contribution in [1.29, 1.82) is 0 Å². The third-order valence-corrected chi connectivity index (χ3v) is 4.11. The molecule has 1 aromatic rings. The van der Waals surface area contributed by atoms with Crippen LogP contribution in [0.25, 0.3) is 0 Å². The number of thiazole rings is 1. The molecule has 0 aromatic carbocycles. The SMILES string of the molecule is CCOC(=O)c1csc(NC2CCC(C)CC2)n1. The molecule has 5 heteroatoms. The van der Waals surface area contributed by atoms with Gasteiger partial charge in [0.1, 0.15) is 0 Å². The number of hydrogen-bond donors (Lipinski definition) is 1. The van der Waals surface area contributed by atoms with Crippen LogP contribution in [-0.4, -0.2) is 23.6 Å². The number of rotatable bonds is 4. The summed E-state index contributed by atoms with van der Waals surface area (Å²) in [5, 5.41) is 6.01. The van der Waals surface area contributed by atoms with Crippen molar-refractivity contribution < 1.29 is 9.53 Å². The van der Waals surface area contributed by atoms with Crippen molar-refractivity contribution in [2.45, 2.75) is 45.6 Å². The molecule has 1 aromatic heterocycles. The fraction of sp³-hybridized carbons (Fsp3) is 0.692. The van der Waals surface area contributed by atoms with Crippen LogP contribution in [0.1, 0.15) is 50.0 Å². The Balaban J connectivity index is 1.88. The number of esters is 1. The van der Waals surface area contributed by atoms with Gasteiger partial charge in [-0.3, -0.25) is 0 Å². The third kappa shape index (κ3) is 3.45. The Morgan fingerprint density at radius 1 is 1.50 bits per heavy atom. The van der Waals surface area contributed by atoms with E-state index in [-0.39, 0.29) is 5.97 Å². The van der Waals surface area contributed by atoms with Crippen molar-refractivity contribution in [1.82, 2.24) is 4.98 Å². The van der Waals surface area contributed by atoms with Gasteiger partial charge in [-0.1, -0.05) is 6.92 Å². The van der Waals surface area contributed by atoms with Gasteiger partial charge in [0.2, 0.25) is 0 Å². The number of nitrogens with zero attached hydrogens (tertiary/aromatic N) is 1. The fourth-order valence-corrected chi connectivity index (χ4v) is 2.98. The van der Waals surface area contributed by atoms with E-state index in [4.69, 9.17) is 4.74 Å². The van der Waals surface area contributed by atoms with E-state index < -0.39 is 0 Å². The Kier molecular flexibility index (Phi) is 4.58. The first-order valence-electron chi connectivity index (χ1n) is 6.58. The van der Waals surface area contributed by atoms with Crippen molar-refractivity contribution in [2.75, 3.05) is 11.9 Å². The Bertz CT molecular complexity index is 397. The van der Waals surface area contributed by atoms with Crippen LogP contribution < -0.4 is 5.32 Å². The van der Waals surface area contributed by atoms with Crippen molar-refractivity contribution in [2.24, 2.45) is 5.92 Å². The molecule has 0 spiro atoms. The molecule has 1 aliphatic rings. The van der Waals surface area contributed by atoms with E-state index in [0.717, 1.165) is 11.0 Å². The molecule has 1 heterocycles. The zero-order valence-corrected chi connectivity index (χ0v) is 11.8. The summed E-state index contributed by atoms with van der Waals surface area (Å²) >= 11 is 1.48. The van der Waals surface area contributed by atoms with Crippen LogP contribution in [0.2, 0.25) is 0 Å². The maximum atomic E-state index is 11.5. The normalized spacial score (nSPS) is 23.7. The molecule has 0 radical (unpaired) electrons. The molecule has 1 saturated carbocycles. The topological polar surface area (TPSA) is 51.2 Å². The number of carbonyl (C=O) groups excluding carboxylic acids is 1. The summed E-state index contributed by atoms with van der Waals surface area (Å²) in [4.78, 5) is 15.8. The summed E-state index contributed by atoms with van der Waals surface area (Å²) in [6.45, 7) is 4.49. The second-order valence-electron chi connectivity index (χ2n) is 4.86. The zero-order chi connectivity index (χ0) is 13.0. The fourth-order valence-electron chi connectivity index (χ4n) is 2.22. The van der Waals surface area contributed by atoms with Gasteiger partial charge in [0.25, 0.3) is 0 Å². The van der Waals surface area contributed by atoms with Gasteiger partial charge in [0.15, 0.2) is 10.8 Å². The quantitative estimate of drug-likeness (QED) is 0.851. The van der Waals surface area contributed by atoms with Gasteiger partial charge in [-0.2, -0.15) is 0 Å². The van der Waals surface area contributed by atoms with Crippen molar-refractivity contribution in [3.63, 3.8) is 0 Å². The van der Waals surface area contributed by atoms with Crippen molar-refractivity contribution in [3.8, 4) is 0 Å². The molecule has 2 rings (SSSR count). The Morgan fingerprint density at radius 2 is 2.22 bits per heavy atom. The van der Waals surface area contributed by atoms with E-state index in [2.05, 4.69) is 17.2 Å². The molecule has 4 nitrogen and oxygen atoms in total. The highest BCUT2D eigenvalue weighted by atomic mass is 32.1. The second kappa shape index (κ2) is 6.18. The van der Waals surface area contributed by atoms with Gasteiger partial charge in [-0.25, -0.2) is 9.78 Å². The molecule has 0 bridgehead atoms. The average Bonchev–Trinajstić information content (AvgIpc) is 2.81. The van der Waals surface area contributed by atoms with Crippen LogP contribution in [0, 0.1) is 5.92 Å². The van der Waals surface area contributed by atoms with Crippen LogP contribution in [-0.2, 0) is 4.74 Å². The van der Waals surface area contributed by atoms with Crippen LogP contribution in [0.3, 0.4) is 0 Å². The highest BCUT2D eigenvalue weighted by Crippen LogP contribution is 2.27. The van der Waals surface area contributed by atoms with Crippen molar-refractivity contribution in [3.05, 3.63) is 11.1 Å². The third-order valence-electron chi connectivity index (χ3n) is 3.33. The van der Waals surface area contributed by atoms with E-state index in [1.807, 2.05) is 0 Å². The first-order chi connectivity index (χ1) is 8.69. The highest BCUT2D eigenvalue weighted by molar-refractivity contribution is 7.13. The lowest BCUT2D eigenvalue weighted by Gasteiger charge is -2.26. The van der Waals surface area contributed by atoms with E-state index in [1.54, 1.807) is 12.3 Å². The summed E-state index contributed by atoms with van der Waals surface area (Å²) in [5.41, 5.74) is 0.411. The monoisotopic (exact) mass is 268 g/mol. The minimum absolute atomic E-state index is 0.334. The van der Waals surface area contributed by atoms with E-state index in [9.17, 15) is 4.79 Å². The average molecular weight is 268 g/mol. The lowest BCUT2D eigenvalue weighted by molar-refractivity contribution is 0.0520. The maximum Gasteiger partial charge on any atom is 0.357 e. The van der Waals surface area contributed by atoms with E-state index in [0.29, 0.717) is 18.3 Å². The molecule has 0 amide bonds. The molecule has 1 fully saturated rings. The first-order valence-corrected chi connectivity index (χ1v) is 7.46. The molecule has 0 aliphatic heterocycles. The number of carbonyl (C=O) groups is 1. The summed E-state index contributed by atoms with van der Waals surface area (Å²) in [6.07, 6.45) is 4.92. The Morgan fingerprint density at radius 3 is 2.89 bits per heavy atom. The summed E-state index contributed by atoms with van der Waals surface area (Å²) in [5.74, 6) is 0.508. The van der Waals surface area contributed by atoms with Gasteiger partial charge >= 0.3 is 5.97 Å². The van der Waals surface area contributed by atoms with Gasteiger partial charge < -0.3 is 10.1 Å². The predicted octanol–water partition coefficient (Wildman–Crippen LogP) is 3.31. The van der Waals surface area contributed by atoms with Gasteiger partial charge in [-0.15, -0.1) is 11.3 Å². The number of nitrogens with one attached hydrogen (secondary N) is 1. The van der Waals surface area contributed by atoms with Gasteiger partial charge in [0, 0.05) is 11.4 Å². The minimum atomic E-state index is -0.334.